The number of nitrogens with zero attached hydrogens (tertiary/aromatic N) is 3. The van der Waals surface area contributed by atoms with Gasteiger partial charge in [0.05, 0.1) is 18.7 Å². The minimum absolute atomic E-state index is 0.183. The number of rotatable bonds is 6. The fourth-order valence-electron chi connectivity index (χ4n) is 3.78. The number of hydrogen-bond acceptors (Lipinski definition) is 5. The van der Waals surface area contributed by atoms with E-state index in [0.29, 0.717) is 23.7 Å². The van der Waals surface area contributed by atoms with Crippen LogP contribution in [0.15, 0.2) is 48.7 Å². The van der Waals surface area contributed by atoms with Gasteiger partial charge in [-0.25, -0.2) is 9.97 Å². The molecule has 6 heteroatoms. The highest BCUT2D eigenvalue weighted by molar-refractivity contribution is 6.09. The van der Waals surface area contributed by atoms with Crippen LogP contribution in [0.25, 0.3) is 10.8 Å². The van der Waals surface area contributed by atoms with Crippen LogP contribution in [0.1, 0.15) is 42.4 Å². The number of hydrogen-bond donors (Lipinski definition) is 1. The first kappa shape index (κ1) is 19.2. The summed E-state index contributed by atoms with van der Waals surface area (Å²) in [5, 5.41) is 4.85. The Bertz CT molecular complexity index is 999. The zero-order valence-corrected chi connectivity index (χ0v) is 16.7. The number of piperidine rings is 1. The monoisotopic (exact) mass is 390 g/mol. The molecule has 0 unspecified atom stereocenters. The first-order chi connectivity index (χ1) is 14.3. The molecule has 1 saturated heterocycles. The Kier molecular flexibility index (Phi) is 5.89. The van der Waals surface area contributed by atoms with Gasteiger partial charge in [-0.3, -0.25) is 4.79 Å². The van der Waals surface area contributed by atoms with E-state index in [4.69, 9.17) is 4.74 Å². The molecule has 0 radical (unpaired) electrons. The third-order valence-electron chi connectivity index (χ3n) is 5.20. The van der Waals surface area contributed by atoms with Crippen molar-refractivity contribution in [2.45, 2.75) is 32.7 Å². The SMILES string of the molecule is CCOc1ccc2ccccc2c1C(=O)NCc1nccc(N2CCCCC2)n1. The molecule has 0 saturated carbocycles. The molecule has 0 bridgehead atoms. The van der Waals surface area contributed by atoms with E-state index in [2.05, 4.69) is 20.2 Å². The molecule has 150 valence electrons. The number of carbonyl (C=O) groups excluding carboxylic acids is 1. The predicted molar refractivity (Wildman–Crippen MR) is 114 cm³/mol. The highest BCUT2D eigenvalue weighted by Crippen LogP contribution is 2.28. The number of benzene rings is 2. The summed E-state index contributed by atoms with van der Waals surface area (Å²) in [7, 11) is 0. The van der Waals surface area contributed by atoms with Gasteiger partial charge in [0.25, 0.3) is 5.91 Å². The van der Waals surface area contributed by atoms with Gasteiger partial charge in [0.15, 0.2) is 0 Å². The fourth-order valence-corrected chi connectivity index (χ4v) is 3.78. The molecule has 1 N–H and O–H groups in total. The Morgan fingerprint density at radius 1 is 1.10 bits per heavy atom. The fraction of sp³-hybridized carbons (Fsp3) is 0.348. The lowest BCUT2D eigenvalue weighted by atomic mass is 10.0. The molecule has 2 aromatic carbocycles. The van der Waals surface area contributed by atoms with Crippen LogP contribution in [0, 0.1) is 0 Å². The third kappa shape index (κ3) is 4.31. The summed E-state index contributed by atoms with van der Waals surface area (Å²) in [6, 6.07) is 13.6. The number of anilines is 1. The first-order valence-corrected chi connectivity index (χ1v) is 10.3. The summed E-state index contributed by atoms with van der Waals surface area (Å²) in [4.78, 5) is 24.3. The second kappa shape index (κ2) is 8.90. The average molecular weight is 390 g/mol. The summed E-state index contributed by atoms with van der Waals surface area (Å²) in [6.07, 6.45) is 5.42. The lowest BCUT2D eigenvalue weighted by Gasteiger charge is -2.27. The summed E-state index contributed by atoms with van der Waals surface area (Å²) >= 11 is 0. The number of aromatic nitrogens is 2. The van der Waals surface area contributed by atoms with E-state index in [0.717, 1.165) is 29.7 Å². The van der Waals surface area contributed by atoms with Crippen molar-refractivity contribution in [2.24, 2.45) is 0 Å². The van der Waals surface area contributed by atoms with Gasteiger partial charge in [0.1, 0.15) is 17.4 Å². The minimum atomic E-state index is -0.183. The van der Waals surface area contributed by atoms with E-state index < -0.39 is 0 Å². The molecule has 1 aromatic heterocycles. The molecule has 0 spiro atoms. The Hall–Kier alpha value is -3.15. The van der Waals surface area contributed by atoms with Crippen molar-refractivity contribution in [2.75, 3.05) is 24.6 Å². The summed E-state index contributed by atoms with van der Waals surface area (Å²) in [6.45, 7) is 4.73. The smallest absolute Gasteiger partial charge is 0.256 e. The molecule has 3 aromatic rings. The normalized spacial score (nSPS) is 14.0. The molecule has 0 atom stereocenters. The summed E-state index contributed by atoms with van der Waals surface area (Å²) in [5.74, 6) is 1.95. The first-order valence-electron chi connectivity index (χ1n) is 10.3. The van der Waals surface area contributed by atoms with Crippen LogP contribution >= 0.6 is 0 Å². The third-order valence-corrected chi connectivity index (χ3v) is 5.20. The van der Waals surface area contributed by atoms with Crippen molar-refractivity contribution < 1.29 is 9.53 Å². The maximum Gasteiger partial charge on any atom is 0.256 e. The molecule has 6 nitrogen and oxygen atoms in total. The topological polar surface area (TPSA) is 67.3 Å². The molecule has 1 amide bonds. The number of nitrogens with one attached hydrogen (secondary N) is 1. The molecule has 1 aliphatic rings. The van der Waals surface area contributed by atoms with E-state index in [-0.39, 0.29) is 12.5 Å². The molecule has 1 aliphatic heterocycles. The van der Waals surface area contributed by atoms with E-state index in [1.54, 1.807) is 6.20 Å². The standard InChI is InChI=1S/C23H26N4O2/c1-2-29-19-11-10-17-8-4-5-9-18(17)22(19)23(28)25-16-20-24-13-12-21(26-20)27-14-6-3-7-15-27/h4-5,8-13H,2-3,6-7,14-16H2,1H3,(H,25,28). The van der Waals surface area contributed by atoms with Crippen LogP contribution in [0.3, 0.4) is 0 Å². The molecule has 0 aliphatic carbocycles. The summed E-state index contributed by atoms with van der Waals surface area (Å²) in [5.41, 5.74) is 0.553. The van der Waals surface area contributed by atoms with E-state index in [1.165, 1.54) is 19.3 Å². The Morgan fingerprint density at radius 2 is 1.93 bits per heavy atom. The zero-order chi connectivity index (χ0) is 20.1. The van der Waals surface area contributed by atoms with Crippen molar-refractivity contribution in [1.29, 1.82) is 0 Å². The van der Waals surface area contributed by atoms with Crippen LogP contribution in [-0.4, -0.2) is 35.6 Å². The Labute approximate surface area is 170 Å². The van der Waals surface area contributed by atoms with Crippen LogP contribution in [0.4, 0.5) is 5.82 Å². The quantitative estimate of drug-likeness (QED) is 0.690. The molecular weight excluding hydrogens is 364 g/mol. The van der Waals surface area contributed by atoms with E-state index in [9.17, 15) is 4.79 Å². The van der Waals surface area contributed by atoms with Crippen LogP contribution in [0.5, 0.6) is 5.75 Å². The van der Waals surface area contributed by atoms with Gasteiger partial charge in [-0.15, -0.1) is 0 Å². The number of fused-ring (bicyclic) bond motifs is 1. The largest absolute Gasteiger partial charge is 0.493 e. The average Bonchev–Trinajstić information content (AvgIpc) is 2.78. The van der Waals surface area contributed by atoms with E-state index in [1.807, 2.05) is 49.4 Å². The van der Waals surface area contributed by atoms with Crippen molar-refractivity contribution >= 4 is 22.5 Å². The summed E-state index contributed by atoms with van der Waals surface area (Å²) < 4.78 is 5.72. The Balaban J connectivity index is 1.54. The molecule has 4 rings (SSSR count). The van der Waals surface area contributed by atoms with Crippen LogP contribution in [-0.2, 0) is 6.54 Å². The van der Waals surface area contributed by atoms with Crippen molar-refractivity contribution in [3.63, 3.8) is 0 Å². The van der Waals surface area contributed by atoms with Gasteiger partial charge in [-0.2, -0.15) is 0 Å². The van der Waals surface area contributed by atoms with Crippen LogP contribution < -0.4 is 15.0 Å². The van der Waals surface area contributed by atoms with Gasteiger partial charge in [-0.05, 0) is 49.1 Å². The minimum Gasteiger partial charge on any atom is -0.493 e. The molecule has 2 heterocycles. The van der Waals surface area contributed by atoms with Gasteiger partial charge < -0.3 is 15.0 Å². The second-order valence-electron chi connectivity index (χ2n) is 7.15. The highest BCUT2D eigenvalue weighted by atomic mass is 16.5. The number of carbonyl (C=O) groups is 1. The van der Waals surface area contributed by atoms with E-state index >= 15 is 0 Å². The molecular formula is C23H26N4O2. The lowest BCUT2D eigenvalue weighted by molar-refractivity contribution is 0.0948. The van der Waals surface area contributed by atoms with Gasteiger partial charge >= 0.3 is 0 Å². The van der Waals surface area contributed by atoms with Gasteiger partial charge in [0, 0.05) is 19.3 Å². The van der Waals surface area contributed by atoms with Crippen molar-refractivity contribution in [3.8, 4) is 5.75 Å². The molecule has 29 heavy (non-hydrogen) atoms. The van der Waals surface area contributed by atoms with Crippen molar-refractivity contribution in [3.05, 3.63) is 60.0 Å². The molecule has 1 fully saturated rings. The predicted octanol–water partition coefficient (Wildman–Crippen LogP) is 3.95. The van der Waals surface area contributed by atoms with Crippen LogP contribution in [0.2, 0.25) is 0 Å². The van der Waals surface area contributed by atoms with Gasteiger partial charge in [-0.1, -0.05) is 30.3 Å². The zero-order valence-electron chi connectivity index (χ0n) is 16.7. The highest BCUT2D eigenvalue weighted by Gasteiger charge is 2.17. The lowest BCUT2D eigenvalue weighted by Crippen LogP contribution is -2.31. The Morgan fingerprint density at radius 3 is 2.76 bits per heavy atom. The van der Waals surface area contributed by atoms with Gasteiger partial charge in [0.2, 0.25) is 0 Å². The maximum absolute atomic E-state index is 13.1. The second-order valence-corrected chi connectivity index (χ2v) is 7.15. The number of ether oxygens (including phenoxy) is 1. The number of amides is 1. The van der Waals surface area contributed by atoms with Crippen molar-refractivity contribution in [1.82, 2.24) is 15.3 Å². The maximum atomic E-state index is 13.1.